The van der Waals surface area contributed by atoms with Gasteiger partial charge < -0.3 is 9.88 Å². The molecular weight excluding hydrogens is 214 g/mol. The highest BCUT2D eigenvalue weighted by Gasteiger charge is 2.19. The van der Waals surface area contributed by atoms with Gasteiger partial charge in [-0.15, -0.1) is 0 Å². The molecule has 3 heterocycles. The fraction of sp³-hybridized carbons (Fsp3) is 0.500. The van der Waals surface area contributed by atoms with Crippen molar-refractivity contribution in [1.29, 1.82) is 0 Å². The minimum atomic E-state index is 0.620. The van der Waals surface area contributed by atoms with Gasteiger partial charge in [0.05, 0.1) is 12.9 Å². The summed E-state index contributed by atoms with van der Waals surface area (Å²) < 4.78 is 4.20. The van der Waals surface area contributed by atoms with Crippen molar-refractivity contribution in [2.24, 2.45) is 0 Å². The highest BCUT2D eigenvalue weighted by Crippen LogP contribution is 2.21. The number of aryl methyl sites for hydroxylation is 2. The van der Waals surface area contributed by atoms with E-state index in [0.29, 0.717) is 5.92 Å². The van der Waals surface area contributed by atoms with Crippen molar-refractivity contribution >= 4 is 0 Å². The predicted molar refractivity (Wildman–Crippen MR) is 64.7 cm³/mol. The van der Waals surface area contributed by atoms with Crippen molar-refractivity contribution < 1.29 is 0 Å². The van der Waals surface area contributed by atoms with Crippen LogP contribution in [0.2, 0.25) is 0 Å². The zero-order valence-corrected chi connectivity index (χ0v) is 9.79. The topological polar surface area (TPSA) is 47.7 Å². The molecule has 0 bridgehead atoms. The first-order chi connectivity index (χ1) is 8.43. The van der Waals surface area contributed by atoms with Crippen LogP contribution in [0, 0.1) is 0 Å². The monoisotopic (exact) mass is 231 g/mol. The Morgan fingerprint density at radius 1 is 1.41 bits per heavy atom. The number of nitrogens with zero attached hydrogens (tertiary/aromatic N) is 4. The lowest BCUT2D eigenvalue weighted by Gasteiger charge is -2.12. The van der Waals surface area contributed by atoms with E-state index in [1.165, 1.54) is 12.1 Å². The van der Waals surface area contributed by atoms with Gasteiger partial charge in [-0.05, 0) is 19.0 Å². The minimum absolute atomic E-state index is 0.620. The van der Waals surface area contributed by atoms with Gasteiger partial charge in [0.2, 0.25) is 0 Å². The van der Waals surface area contributed by atoms with Crippen LogP contribution in [0.3, 0.4) is 0 Å². The lowest BCUT2D eigenvalue weighted by Crippen LogP contribution is -2.14. The molecule has 2 aromatic heterocycles. The van der Waals surface area contributed by atoms with E-state index in [-0.39, 0.29) is 0 Å². The molecule has 5 heteroatoms. The number of rotatable bonds is 4. The molecule has 90 valence electrons. The molecule has 0 radical (unpaired) electrons. The molecule has 0 saturated carbocycles. The molecular formula is C12H17N5. The number of hydrogen-bond acceptors (Lipinski definition) is 3. The first kappa shape index (κ1) is 10.5. The SMILES string of the molecule is c1cnn(CCn2cncc2C2CCNC2)c1. The summed E-state index contributed by atoms with van der Waals surface area (Å²) in [5.41, 5.74) is 1.35. The van der Waals surface area contributed by atoms with Crippen LogP contribution in [-0.2, 0) is 13.1 Å². The van der Waals surface area contributed by atoms with E-state index < -0.39 is 0 Å². The molecule has 0 aromatic carbocycles. The second-order valence-corrected chi connectivity index (χ2v) is 4.47. The molecule has 0 aliphatic carbocycles. The van der Waals surface area contributed by atoms with E-state index in [2.05, 4.69) is 20.0 Å². The molecule has 0 spiro atoms. The Hall–Kier alpha value is -1.62. The minimum Gasteiger partial charge on any atom is -0.332 e. The quantitative estimate of drug-likeness (QED) is 0.849. The van der Waals surface area contributed by atoms with Gasteiger partial charge in [0, 0.05) is 43.3 Å². The van der Waals surface area contributed by atoms with E-state index in [0.717, 1.165) is 26.2 Å². The number of hydrogen-bond donors (Lipinski definition) is 1. The Kier molecular flexibility index (Phi) is 2.92. The lowest BCUT2D eigenvalue weighted by molar-refractivity contribution is 0.511. The summed E-state index contributed by atoms with van der Waals surface area (Å²) in [7, 11) is 0. The Balaban J connectivity index is 1.68. The smallest absolute Gasteiger partial charge is 0.0948 e. The van der Waals surface area contributed by atoms with Crippen LogP contribution in [0.5, 0.6) is 0 Å². The van der Waals surface area contributed by atoms with Crippen LogP contribution in [0.1, 0.15) is 18.0 Å². The second-order valence-electron chi connectivity index (χ2n) is 4.47. The third-order valence-corrected chi connectivity index (χ3v) is 3.35. The molecule has 1 aliphatic rings. The molecule has 0 amide bonds. The molecule has 1 aliphatic heterocycles. The third kappa shape index (κ3) is 2.24. The van der Waals surface area contributed by atoms with Gasteiger partial charge in [0.25, 0.3) is 0 Å². The highest BCUT2D eigenvalue weighted by atomic mass is 15.3. The van der Waals surface area contributed by atoms with Crippen molar-refractivity contribution in [1.82, 2.24) is 24.6 Å². The summed E-state index contributed by atoms with van der Waals surface area (Å²) in [6.07, 6.45) is 8.95. The summed E-state index contributed by atoms with van der Waals surface area (Å²) in [5, 5.41) is 7.61. The van der Waals surface area contributed by atoms with Gasteiger partial charge >= 0.3 is 0 Å². The normalized spacial score (nSPS) is 19.9. The first-order valence-corrected chi connectivity index (χ1v) is 6.11. The number of aromatic nitrogens is 4. The van der Waals surface area contributed by atoms with E-state index >= 15 is 0 Å². The van der Waals surface area contributed by atoms with Crippen molar-refractivity contribution in [3.05, 3.63) is 36.7 Å². The molecule has 3 rings (SSSR count). The zero-order valence-electron chi connectivity index (χ0n) is 9.79. The van der Waals surface area contributed by atoms with Crippen LogP contribution >= 0.6 is 0 Å². The van der Waals surface area contributed by atoms with Crippen LogP contribution in [-0.4, -0.2) is 32.4 Å². The van der Waals surface area contributed by atoms with Gasteiger partial charge in [0.1, 0.15) is 0 Å². The predicted octanol–water partition coefficient (Wildman–Crippen LogP) is 0.857. The van der Waals surface area contributed by atoms with Crippen molar-refractivity contribution in [3.63, 3.8) is 0 Å². The van der Waals surface area contributed by atoms with Gasteiger partial charge in [0.15, 0.2) is 0 Å². The van der Waals surface area contributed by atoms with Crippen LogP contribution < -0.4 is 5.32 Å². The molecule has 1 unspecified atom stereocenters. The van der Waals surface area contributed by atoms with E-state index in [9.17, 15) is 0 Å². The number of nitrogens with one attached hydrogen (secondary N) is 1. The molecule has 2 aromatic rings. The average molecular weight is 231 g/mol. The maximum absolute atomic E-state index is 4.27. The van der Waals surface area contributed by atoms with E-state index in [4.69, 9.17) is 0 Å². The zero-order chi connectivity index (χ0) is 11.5. The Morgan fingerprint density at radius 3 is 3.18 bits per heavy atom. The summed E-state index contributed by atoms with van der Waals surface area (Å²) in [4.78, 5) is 4.27. The van der Waals surface area contributed by atoms with E-state index in [1.807, 2.05) is 35.7 Å². The summed E-state index contributed by atoms with van der Waals surface area (Å²) in [5.74, 6) is 0.620. The Morgan fingerprint density at radius 2 is 2.41 bits per heavy atom. The van der Waals surface area contributed by atoms with Gasteiger partial charge in [-0.2, -0.15) is 5.10 Å². The van der Waals surface area contributed by atoms with Gasteiger partial charge in [-0.25, -0.2) is 4.98 Å². The Bertz CT molecular complexity index is 453. The van der Waals surface area contributed by atoms with Crippen molar-refractivity contribution in [2.75, 3.05) is 13.1 Å². The molecule has 1 saturated heterocycles. The third-order valence-electron chi connectivity index (χ3n) is 3.35. The maximum Gasteiger partial charge on any atom is 0.0948 e. The summed E-state index contributed by atoms with van der Waals surface area (Å²) in [6.45, 7) is 4.03. The van der Waals surface area contributed by atoms with Gasteiger partial charge in [-0.3, -0.25) is 4.68 Å². The van der Waals surface area contributed by atoms with Gasteiger partial charge in [-0.1, -0.05) is 0 Å². The molecule has 17 heavy (non-hydrogen) atoms. The second kappa shape index (κ2) is 4.71. The average Bonchev–Trinajstić information content (AvgIpc) is 3.09. The molecule has 1 atom stereocenters. The molecule has 5 nitrogen and oxygen atoms in total. The largest absolute Gasteiger partial charge is 0.332 e. The Labute approximate surface area is 100 Å². The van der Waals surface area contributed by atoms with Crippen LogP contribution in [0.15, 0.2) is 31.0 Å². The standard InChI is InChI=1S/C12H17N5/c1-3-15-17(5-1)7-6-16-10-14-9-12(16)11-2-4-13-8-11/h1,3,5,9-11,13H,2,4,6-8H2. The van der Waals surface area contributed by atoms with E-state index in [1.54, 1.807) is 0 Å². The first-order valence-electron chi connectivity index (χ1n) is 6.11. The van der Waals surface area contributed by atoms with Crippen molar-refractivity contribution in [3.8, 4) is 0 Å². The molecule has 1 N–H and O–H groups in total. The molecule has 1 fully saturated rings. The summed E-state index contributed by atoms with van der Waals surface area (Å²) in [6, 6.07) is 1.95. The fourth-order valence-electron chi connectivity index (χ4n) is 2.41. The highest BCUT2D eigenvalue weighted by molar-refractivity contribution is 5.09. The lowest BCUT2D eigenvalue weighted by atomic mass is 10.1. The summed E-state index contributed by atoms with van der Waals surface area (Å²) >= 11 is 0. The fourth-order valence-corrected chi connectivity index (χ4v) is 2.41. The van der Waals surface area contributed by atoms with Crippen LogP contribution in [0.4, 0.5) is 0 Å². The number of imidazole rings is 1. The van der Waals surface area contributed by atoms with Crippen LogP contribution in [0.25, 0.3) is 0 Å². The maximum atomic E-state index is 4.27. The van der Waals surface area contributed by atoms with Crippen molar-refractivity contribution in [2.45, 2.75) is 25.4 Å².